The number of esters is 1. The van der Waals surface area contributed by atoms with Crippen molar-refractivity contribution in [3.05, 3.63) is 57.9 Å². The van der Waals surface area contributed by atoms with Crippen molar-refractivity contribution in [2.24, 2.45) is 0 Å². The maximum absolute atomic E-state index is 12.0. The van der Waals surface area contributed by atoms with E-state index in [1.807, 2.05) is 12.1 Å². The number of aryl methyl sites for hydroxylation is 1. The molecule has 112 valence electrons. The molecule has 0 aliphatic rings. The van der Waals surface area contributed by atoms with Gasteiger partial charge in [0.2, 0.25) is 0 Å². The summed E-state index contributed by atoms with van der Waals surface area (Å²) in [6, 6.07) is 9.02. The van der Waals surface area contributed by atoms with E-state index in [0.717, 1.165) is 5.56 Å². The number of nitrogens with zero attached hydrogens (tertiary/aromatic N) is 2. The first-order chi connectivity index (χ1) is 10.6. The lowest BCUT2D eigenvalue weighted by atomic mass is 10.2. The third-order valence-corrected chi connectivity index (χ3v) is 3.94. The molecule has 0 spiro atoms. The van der Waals surface area contributed by atoms with Gasteiger partial charge >= 0.3 is 5.97 Å². The highest BCUT2D eigenvalue weighted by atomic mass is 35.5. The number of carbonyl (C=O) groups is 1. The van der Waals surface area contributed by atoms with E-state index in [9.17, 15) is 4.79 Å². The highest BCUT2D eigenvalue weighted by Gasteiger charge is 2.14. The average molecular weight is 335 g/mol. The number of hydrogen-bond acceptors (Lipinski definition) is 6. The monoisotopic (exact) mass is 334 g/mol. The number of hydrogen-bond donors (Lipinski definition) is 0. The minimum atomic E-state index is -0.495. The van der Waals surface area contributed by atoms with Gasteiger partial charge in [0.25, 0.3) is 0 Å². The molecule has 7 heteroatoms. The molecular formula is C15H11ClN2O3S. The normalized spacial score (nSPS) is 10.6. The average Bonchev–Trinajstić information content (AvgIpc) is 3.14. The van der Waals surface area contributed by atoms with Crippen LogP contribution in [0.25, 0.3) is 10.6 Å². The lowest BCUT2D eigenvalue weighted by molar-refractivity contribution is 0.0458. The molecule has 0 bridgehead atoms. The van der Waals surface area contributed by atoms with Gasteiger partial charge < -0.3 is 9.26 Å². The van der Waals surface area contributed by atoms with Gasteiger partial charge in [0, 0.05) is 22.0 Å². The van der Waals surface area contributed by atoms with E-state index in [2.05, 4.69) is 10.1 Å². The van der Waals surface area contributed by atoms with E-state index in [1.165, 1.54) is 11.3 Å². The second kappa shape index (κ2) is 6.29. The van der Waals surface area contributed by atoms with Gasteiger partial charge in [-0.05, 0) is 19.1 Å². The van der Waals surface area contributed by atoms with Crippen LogP contribution in [0.1, 0.15) is 21.9 Å². The number of aromatic nitrogens is 2. The Bertz CT molecular complexity index is 812. The van der Waals surface area contributed by atoms with Gasteiger partial charge in [-0.15, -0.1) is 11.3 Å². The minimum absolute atomic E-state index is 0.0558. The summed E-state index contributed by atoms with van der Waals surface area (Å²) in [6.45, 7) is 1.83. The van der Waals surface area contributed by atoms with Gasteiger partial charge in [0.1, 0.15) is 23.1 Å². The summed E-state index contributed by atoms with van der Waals surface area (Å²) in [7, 11) is 0. The molecule has 0 atom stereocenters. The number of carbonyl (C=O) groups excluding carboxylic acids is 1. The molecule has 2 heterocycles. The van der Waals surface area contributed by atoms with Crippen molar-refractivity contribution in [2.45, 2.75) is 13.5 Å². The van der Waals surface area contributed by atoms with Crippen LogP contribution in [0.5, 0.6) is 0 Å². The van der Waals surface area contributed by atoms with Gasteiger partial charge in [-0.1, -0.05) is 28.9 Å². The third-order valence-electron chi connectivity index (χ3n) is 2.81. The van der Waals surface area contributed by atoms with Crippen molar-refractivity contribution in [3.63, 3.8) is 0 Å². The fourth-order valence-electron chi connectivity index (χ4n) is 1.82. The molecule has 22 heavy (non-hydrogen) atoms. The molecule has 3 rings (SSSR count). The quantitative estimate of drug-likeness (QED) is 0.671. The van der Waals surface area contributed by atoms with Crippen molar-refractivity contribution in [1.29, 1.82) is 0 Å². The zero-order chi connectivity index (χ0) is 15.5. The van der Waals surface area contributed by atoms with E-state index in [0.29, 0.717) is 21.5 Å². The van der Waals surface area contributed by atoms with Crippen molar-refractivity contribution in [2.75, 3.05) is 0 Å². The molecule has 2 aromatic heterocycles. The Labute approximate surface area is 135 Å². The van der Waals surface area contributed by atoms with E-state index < -0.39 is 5.97 Å². The number of benzene rings is 1. The predicted octanol–water partition coefficient (Wildman–Crippen LogP) is 4.12. The number of ether oxygens (including phenoxy) is 1. The molecule has 0 amide bonds. The van der Waals surface area contributed by atoms with Crippen LogP contribution in [0.2, 0.25) is 5.02 Å². The maximum atomic E-state index is 12.0. The molecule has 5 nitrogen and oxygen atoms in total. The Kier molecular flexibility index (Phi) is 4.22. The Morgan fingerprint density at radius 3 is 3.00 bits per heavy atom. The van der Waals surface area contributed by atoms with Crippen LogP contribution >= 0.6 is 22.9 Å². The molecule has 0 aliphatic heterocycles. The van der Waals surface area contributed by atoms with E-state index >= 15 is 0 Å². The molecule has 0 radical (unpaired) electrons. The zero-order valence-electron chi connectivity index (χ0n) is 11.6. The molecule has 3 aromatic rings. The predicted molar refractivity (Wildman–Crippen MR) is 82.9 cm³/mol. The van der Waals surface area contributed by atoms with Crippen LogP contribution in [0.3, 0.4) is 0 Å². The van der Waals surface area contributed by atoms with Crippen LogP contribution < -0.4 is 0 Å². The number of thiazole rings is 1. The van der Waals surface area contributed by atoms with Crippen molar-refractivity contribution >= 4 is 28.9 Å². The molecule has 0 unspecified atom stereocenters. The summed E-state index contributed by atoms with van der Waals surface area (Å²) in [4.78, 5) is 16.3. The molecule has 0 saturated carbocycles. The summed E-state index contributed by atoms with van der Waals surface area (Å²) in [5.74, 6) is 0.174. The summed E-state index contributed by atoms with van der Waals surface area (Å²) < 4.78 is 10.1. The minimum Gasteiger partial charge on any atom is -0.454 e. The first kappa shape index (κ1) is 14.7. The third kappa shape index (κ3) is 3.35. The highest BCUT2D eigenvalue weighted by Crippen LogP contribution is 2.26. The fraction of sp³-hybridized carbons (Fsp3) is 0.133. The standard InChI is InChI=1S/C15H11ClN2O3S/c1-9-5-12(18-21-9)7-20-15(19)13-8-22-14(17-13)10-3-2-4-11(16)6-10/h2-6,8H,7H2,1H3. The maximum Gasteiger partial charge on any atom is 0.358 e. The van der Waals surface area contributed by atoms with E-state index in [1.54, 1.807) is 30.5 Å². The molecular weight excluding hydrogens is 324 g/mol. The SMILES string of the molecule is Cc1cc(COC(=O)c2csc(-c3cccc(Cl)c3)n2)no1. The Morgan fingerprint density at radius 2 is 2.27 bits per heavy atom. The number of halogens is 1. The lowest BCUT2D eigenvalue weighted by Gasteiger charge is -1.99. The van der Waals surface area contributed by atoms with Gasteiger partial charge in [-0.3, -0.25) is 0 Å². The molecule has 0 aliphatic carbocycles. The Balaban J connectivity index is 1.69. The summed E-state index contributed by atoms with van der Waals surface area (Å²) >= 11 is 7.31. The summed E-state index contributed by atoms with van der Waals surface area (Å²) in [6.07, 6.45) is 0. The first-order valence-electron chi connectivity index (χ1n) is 6.42. The molecule has 0 N–H and O–H groups in total. The molecule has 0 fully saturated rings. The van der Waals surface area contributed by atoms with Crippen LogP contribution in [0, 0.1) is 6.92 Å². The van der Waals surface area contributed by atoms with Crippen molar-refractivity contribution < 1.29 is 14.1 Å². The number of rotatable bonds is 4. The lowest BCUT2D eigenvalue weighted by Crippen LogP contribution is -2.05. The van der Waals surface area contributed by atoms with Gasteiger partial charge in [0.15, 0.2) is 5.69 Å². The van der Waals surface area contributed by atoms with Crippen LogP contribution in [-0.4, -0.2) is 16.1 Å². The first-order valence-corrected chi connectivity index (χ1v) is 7.68. The summed E-state index contributed by atoms with van der Waals surface area (Å²) in [5, 5.41) is 6.76. The topological polar surface area (TPSA) is 65.2 Å². The van der Waals surface area contributed by atoms with Gasteiger partial charge in [-0.25, -0.2) is 9.78 Å². The smallest absolute Gasteiger partial charge is 0.358 e. The fourth-order valence-corrected chi connectivity index (χ4v) is 2.80. The Morgan fingerprint density at radius 1 is 1.41 bits per heavy atom. The Hall–Kier alpha value is -2.18. The second-order valence-corrected chi connectivity index (χ2v) is 5.85. The van der Waals surface area contributed by atoms with Crippen molar-refractivity contribution in [1.82, 2.24) is 10.1 Å². The van der Waals surface area contributed by atoms with Crippen LogP contribution in [-0.2, 0) is 11.3 Å². The van der Waals surface area contributed by atoms with E-state index in [-0.39, 0.29) is 12.3 Å². The zero-order valence-corrected chi connectivity index (χ0v) is 13.1. The van der Waals surface area contributed by atoms with Gasteiger partial charge in [-0.2, -0.15) is 0 Å². The van der Waals surface area contributed by atoms with E-state index in [4.69, 9.17) is 20.9 Å². The molecule has 0 saturated heterocycles. The van der Waals surface area contributed by atoms with Crippen LogP contribution in [0.4, 0.5) is 0 Å². The molecule has 1 aromatic carbocycles. The van der Waals surface area contributed by atoms with Crippen LogP contribution in [0.15, 0.2) is 40.2 Å². The largest absolute Gasteiger partial charge is 0.454 e. The van der Waals surface area contributed by atoms with Crippen molar-refractivity contribution in [3.8, 4) is 10.6 Å². The van der Waals surface area contributed by atoms with Gasteiger partial charge in [0.05, 0.1) is 0 Å². The summed E-state index contributed by atoms with van der Waals surface area (Å²) in [5.41, 5.74) is 1.69. The highest BCUT2D eigenvalue weighted by molar-refractivity contribution is 7.13. The second-order valence-electron chi connectivity index (χ2n) is 4.55.